The molecule has 2 saturated heterocycles. The van der Waals surface area contributed by atoms with Crippen LogP contribution in [0.5, 0.6) is 0 Å². The Hall–Kier alpha value is -2.82. The molecule has 3 aliphatic rings. The van der Waals surface area contributed by atoms with Crippen molar-refractivity contribution in [3.8, 4) is 0 Å². The van der Waals surface area contributed by atoms with Crippen LogP contribution in [0.15, 0.2) is 21.1 Å². The smallest absolute Gasteiger partial charge is 0.358 e. The average molecular weight is 628 g/mol. The summed E-state index contributed by atoms with van der Waals surface area (Å²) in [4.78, 5) is 62.7. The van der Waals surface area contributed by atoms with E-state index in [1.807, 2.05) is 0 Å². The molecule has 0 saturated carbocycles. The lowest BCUT2D eigenvalue weighted by atomic mass is 9.98. The number of β-lactam (4-membered cyclic amide) rings is 1. The van der Waals surface area contributed by atoms with Crippen molar-refractivity contribution in [1.29, 1.82) is 0 Å². The molecule has 0 aromatic carbocycles. The average Bonchev–Trinajstić information content (AvgIpc) is 3.38. The Balaban J connectivity index is 1.49. The molecular formula is C25H33N5O8S3. The monoisotopic (exact) mass is 627 g/mol. The van der Waals surface area contributed by atoms with Crippen LogP contribution in [0.4, 0.5) is 5.13 Å². The van der Waals surface area contributed by atoms with Gasteiger partial charge < -0.3 is 30.1 Å². The van der Waals surface area contributed by atoms with Gasteiger partial charge in [0, 0.05) is 28.4 Å². The number of hydrogen-bond acceptors (Lipinski definition) is 14. The molecule has 0 bridgehead atoms. The first-order valence-electron chi connectivity index (χ1n) is 12.9. The summed E-state index contributed by atoms with van der Waals surface area (Å²) in [6.45, 7) is 5.16. The number of aromatic nitrogens is 1. The Morgan fingerprint density at radius 2 is 2.07 bits per heavy atom. The van der Waals surface area contributed by atoms with E-state index in [1.165, 1.54) is 35.5 Å². The van der Waals surface area contributed by atoms with Crippen LogP contribution in [0, 0.1) is 5.41 Å². The highest BCUT2D eigenvalue weighted by molar-refractivity contribution is 8.06. The quantitative estimate of drug-likeness (QED) is 0.127. The number of carbonyl (C=O) groups is 4. The fraction of sp³-hybridized carbons (Fsp3) is 0.600. The molecule has 2 amide bonds. The van der Waals surface area contributed by atoms with Gasteiger partial charge in [0.2, 0.25) is 6.79 Å². The number of nitrogens with two attached hydrogens (primary N) is 1. The number of nitrogen functional groups attached to an aromatic ring is 1. The fourth-order valence-corrected chi connectivity index (χ4v) is 7.39. The van der Waals surface area contributed by atoms with Crippen molar-refractivity contribution in [2.24, 2.45) is 10.6 Å². The third kappa shape index (κ3) is 7.34. The van der Waals surface area contributed by atoms with E-state index >= 15 is 0 Å². The summed E-state index contributed by atoms with van der Waals surface area (Å²) in [6.07, 6.45) is 3.06. The molecule has 2 fully saturated rings. The Morgan fingerprint density at radius 1 is 1.29 bits per heavy atom. The van der Waals surface area contributed by atoms with Gasteiger partial charge in [0.1, 0.15) is 29.9 Å². The highest BCUT2D eigenvalue weighted by atomic mass is 32.2. The number of oxime groups is 1. The van der Waals surface area contributed by atoms with E-state index in [4.69, 9.17) is 24.8 Å². The molecule has 0 radical (unpaired) electrons. The van der Waals surface area contributed by atoms with Gasteiger partial charge in [-0.05, 0) is 40.0 Å². The number of nitrogens with zero attached hydrogens (tertiary/aromatic N) is 3. The highest BCUT2D eigenvalue weighted by Crippen LogP contribution is 2.44. The molecule has 3 aliphatic heterocycles. The number of amides is 2. The van der Waals surface area contributed by atoms with Gasteiger partial charge >= 0.3 is 11.9 Å². The van der Waals surface area contributed by atoms with E-state index < -0.39 is 47.4 Å². The molecule has 0 spiro atoms. The third-order valence-corrected chi connectivity index (χ3v) is 9.65. The minimum absolute atomic E-state index is 0.0476. The summed E-state index contributed by atoms with van der Waals surface area (Å²) in [6, 6.07) is -0.930. The van der Waals surface area contributed by atoms with Gasteiger partial charge in [-0.1, -0.05) is 5.16 Å². The van der Waals surface area contributed by atoms with Crippen molar-refractivity contribution in [2.45, 2.75) is 57.6 Å². The minimum Gasteiger partial charge on any atom is -0.427 e. The molecule has 2 unspecified atom stereocenters. The minimum atomic E-state index is -0.930. The molecule has 13 nitrogen and oxygen atoms in total. The second-order valence-corrected chi connectivity index (χ2v) is 13.5. The predicted molar refractivity (Wildman–Crippen MR) is 155 cm³/mol. The van der Waals surface area contributed by atoms with Crippen molar-refractivity contribution in [3.05, 3.63) is 21.7 Å². The van der Waals surface area contributed by atoms with E-state index in [0.717, 1.165) is 30.6 Å². The standard InChI is InChI=1S/C25H33N5O8S3/c1-25(2,3)23(34)38-12-37-22(33)18-15(39-9-13-7-5-6-8-36-13)11-40-21-17(20(32)30(18)21)28-19(31)16(29-35-4)14-10-41-24(26)27-14/h10,13,17,21H,5-9,11-12H2,1-4H3,(H2,26,27)(H,28,31)/t13?,17?,21-/m0/s1. The first-order chi connectivity index (χ1) is 19.5. The number of ether oxygens (including phenoxy) is 3. The number of esters is 2. The maximum absolute atomic E-state index is 13.4. The Morgan fingerprint density at radius 3 is 2.71 bits per heavy atom. The number of nitrogens with one attached hydrogen (secondary N) is 1. The van der Waals surface area contributed by atoms with E-state index in [1.54, 1.807) is 26.2 Å². The number of thiazole rings is 1. The van der Waals surface area contributed by atoms with E-state index in [9.17, 15) is 19.2 Å². The topological polar surface area (TPSA) is 172 Å². The largest absolute Gasteiger partial charge is 0.427 e. The van der Waals surface area contributed by atoms with Crippen molar-refractivity contribution < 1.29 is 38.2 Å². The second-order valence-electron chi connectivity index (χ2n) is 10.4. The molecule has 16 heteroatoms. The van der Waals surface area contributed by atoms with Crippen LogP contribution in [-0.2, 0) is 38.2 Å². The fourth-order valence-electron chi connectivity index (χ4n) is 4.15. The van der Waals surface area contributed by atoms with Gasteiger partial charge in [-0.15, -0.1) is 34.9 Å². The SMILES string of the molecule is CON=C(C(=O)NC1C(=O)N2C(C(=O)OCOC(=O)C(C)(C)C)=C(SCC3CCCCO3)CS[C@@H]12)c1csc(N)n1. The lowest BCUT2D eigenvalue weighted by Gasteiger charge is -2.49. The Labute approximate surface area is 249 Å². The lowest BCUT2D eigenvalue weighted by molar-refractivity contribution is -0.173. The van der Waals surface area contributed by atoms with Crippen LogP contribution in [0.3, 0.4) is 0 Å². The van der Waals surface area contributed by atoms with Gasteiger partial charge in [0.25, 0.3) is 11.8 Å². The molecule has 3 N–H and O–H groups in total. The van der Waals surface area contributed by atoms with Crippen LogP contribution in [0.2, 0.25) is 0 Å². The molecule has 41 heavy (non-hydrogen) atoms. The molecule has 0 aliphatic carbocycles. The number of hydrogen-bond donors (Lipinski definition) is 2. The zero-order valence-corrected chi connectivity index (χ0v) is 25.6. The Kier molecular flexibility index (Phi) is 10.2. The zero-order valence-electron chi connectivity index (χ0n) is 23.2. The summed E-state index contributed by atoms with van der Waals surface area (Å²) in [7, 11) is 1.29. The van der Waals surface area contributed by atoms with Gasteiger partial charge in [-0.3, -0.25) is 19.3 Å². The van der Waals surface area contributed by atoms with Crippen LogP contribution >= 0.6 is 34.9 Å². The number of rotatable bonds is 10. The molecule has 1 aromatic heterocycles. The van der Waals surface area contributed by atoms with E-state index in [-0.39, 0.29) is 28.3 Å². The second kappa shape index (κ2) is 13.4. The Bertz CT molecular complexity index is 1240. The number of fused-ring (bicyclic) bond motifs is 1. The first kappa shape index (κ1) is 31.1. The number of anilines is 1. The maximum atomic E-state index is 13.4. The summed E-state index contributed by atoms with van der Waals surface area (Å²) in [5.41, 5.74) is 5.08. The van der Waals surface area contributed by atoms with Crippen LogP contribution < -0.4 is 11.1 Å². The van der Waals surface area contributed by atoms with Gasteiger partial charge in [0.15, 0.2) is 10.8 Å². The van der Waals surface area contributed by atoms with Crippen molar-refractivity contribution >= 4 is 69.5 Å². The summed E-state index contributed by atoms with van der Waals surface area (Å²) >= 11 is 3.99. The molecular weight excluding hydrogens is 595 g/mol. The highest BCUT2D eigenvalue weighted by Gasteiger charge is 2.55. The molecule has 4 heterocycles. The van der Waals surface area contributed by atoms with Crippen LogP contribution in [0.1, 0.15) is 45.7 Å². The predicted octanol–water partition coefficient (Wildman–Crippen LogP) is 2.08. The van der Waals surface area contributed by atoms with Crippen molar-refractivity contribution in [3.63, 3.8) is 0 Å². The summed E-state index contributed by atoms with van der Waals surface area (Å²) in [5, 5.41) is 7.68. The maximum Gasteiger partial charge on any atom is 0.358 e. The normalized spacial score (nSPS) is 22.9. The van der Waals surface area contributed by atoms with Crippen LogP contribution in [0.25, 0.3) is 0 Å². The first-order valence-corrected chi connectivity index (χ1v) is 15.8. The van der Waals surface area contributed by atoms with Crippen molar-refractivity contribution in [1.82, 2.24) is 15.2 Å². The third-order valence-electron chi connectivity index (χ3n) is 6.29. The number of thioether (sulfide) groups is 2. The molecule has 1 aromatic rings. The zero-order chi connectivity index (χ0) is 29.7. The molecule has 224 valence electrons. The van der Waals surface area contributed by atoms with E-state index in [0.29, 0.717) is 23.0 Å². The van der Waals surface area contributed by atoms with Crippen molar-refractivity contribution in [2.75, 3.05) is 37.7 Å². The van der Waals surface area contributed by atoms with Gasteiger partial charge in [0.05, 0.1) is 11.5 Å². The molecule has 4 rings (SSSR count). The van der Waals surface area contributed by atoms with Gasteiger partial charge in [-0.2, -0.15) is 0 Å². The van der Waals surface area contributed by atoms with E-state index in [2.05, 4.69) is 15.5 Å². The van der Waals surface area contributed by atoms with Gasteiger partial charge in [-0.25, -0.2) is 9.78 Å². The molecule has 3 atom stereocenters. The summed E-state index contributed by atoms with van der Waals surface area (Å²) in [5.74, 6) is -1.46. The lowest BCUT2D eigenvalue weighted by Crippen LogP contribution is -2.71. The number of carbonyl (C=O) groups excluding carboxylic acids is 4. The summed E-state index contributed by atoms with van der Waals surface area (Å²) < 4.78 is 16.2. The van der Waals surface area contributed by atoms with Crippen LogP contribution in [-0.4, -0.2) is 88.9 Å².